The first kappa shape index (κ1) is 13.7. The molecule has 21 heavy (non-hydrogen) atoms. The maximum atomic E-state index is 11.3. The summed E-state index contributed by atoms with van der Waals surface area (Å²) in [5.41, 5.74) is 2.07. The van der Waals surface area contributed by atoms with Gasteiger partial charge in [-0.25, -0.2) is 4.98 Å². The van der Waals surface area contributed by atoms with E-state index in [1.807, 2.05) is 24.4 Å². The number of fused-ring (bicyclic) bond motifs is 1. The van der Waals surface area contributed by atoms with Gasteiger partial charge in [0.1, 0.15) is 11.6 Å². The number of ether oxygens (including phenoxy) is 1. The molecule has 3 rings (SSSR count). The van der Waals surface area contributed by atoms with Crippen LogP contribution in [0.5, 0.6) is 5.75 Å². The van der Waals surface area contributed by atoms with Crippen molar-refractivity contribution in [1.82, 2.24) is 9.97 Å². The third-order valence-electron chi connectivity index (χ3n) is 3.60. The van der Waals surface area contributed by atoms with Crippen molar-refractivity contribution in [2.24, 2.45) is 0 Å². The zero-order valence-electron chi connectivity index (χ0n) is 11.9. The Morgan fingerprint density at radius 2 is 2.19 bits per heavy atom. The average Bonchev–Trinajstić information content (AvgIpc) is 3.00. The van der Waals surface area contributed by atoms with Crippen molar-refractivity contribution in [2.45, 2.75) is 32.1 Å². The van der Waals surface area contributed by atoms with Gasteiger partial charge in [0.2, 0.25) is 5.91 Å². The highest BCUT2D eigenvalue weighted by molar-refractivity contribution is 5.93. The molecule has 0 spiro atoms. The van der Waals surface area contributed by atoms with E-state index in [4.69, 9.17) is 4.74 Å². The molecule has 0 radical (unpaired) electrons. The number of amides is 1. The fourth-order valence-corrected chi connectivity index (χ4v) is 2.47. The van der Waals surface area contributed by atoms with Crippen LogP contribution in [-0.4, -0.2) is 22.5 Å². The molecule has 5 nitrogen and oxygen atoms in total. The number of hydrogen-bond acceptors (Lipinski definition) is 3. The minimum atomic E-state index is 0.0918. The fraction of sp³-hybridized carbons (Fsp3) is 0.375. The summed E-state index contributed by atoms with van der Waals surface area (Å²) in [4.78, 5) is 18.6. The van der Waals surface area contributed by atoms with Crippen LogP contribution in [0.1, 0.15) is 30.7 Å². The van der Waals surface area contributed by atoms with E-state index in [2.05, 4.69) is 15.3 Å². The summed E-state index contributed by atoms with van der Waals surface area (Å²) >= 11 is 0. The van der Waals surface area contributed by atoms with Crippen LogP contribution in [0.25, 0.3) is 0 Å². The lowest BCUT2D eigenvalue weighted by molar-refractivity contribution is -0.116. The lowest BCUT2D eigenvalue weighted by atomic mass is 10.0. The topological polar surface area (TPSA) is 67.0 Å². The van der Waals surface area contributed by atoms with Gasteiger partial charge in [-0.15, -0.1) is 0 Å². The summed E-state index contributed by atoms with van der Waals surface area (Å²) in [7, 11) is 0. The number of unbranched alkanes of at least 4 members (excludes halogenated alkanes) is 1. The summed E-state index contributed by atoms with van der Waals surface area (Å²) in [5, 5.41) is 2.87. The summed E-state index contributed by atoms with van der Waals surface area (Å²) in [6, 6.07) is 5.86. The maximum Gasteiger partial charge on any atom is 0.224 e. The van der Waals surface area contributed by atoms with Crippen LogP contribution >= 0.6 is 0 Å². The van der Waals surface area contributed by atoms with Crippen LogP contribution in [0.3, 0.4) is 0 Å². The third-order valence-corrected chi connectivity index (χ3v) is 3.60. The number of aromatic nitrogens is 2. The first-order valence-electron chi connectivity index (χ1n) is 7.35. The second-order valence-electron chi connectivity index (χ2n) is 5.21. The highest BCUT2D eigenvalue weighted by Gasteiger charge is 2.14. The molecule has 1 aliphatic rings. The van der Waals surface area contributed by atoms with Gasteiger partial charge in [-0.05, 0) is 43.0 Å². The molecule has 2 heterocycles. The second kappa shape index (κ2) is 6.43. The first-order chi connectivity index (χ1) is 10.3. The predicted octanol–water partition coefficient (Wildman–Crippen LogP) is 2.70. The van der Waals surface area contributed by atoms with E-state index in [0.29, 0.717) is 13.0 Å². The van der Waals surface area contributed by atoms with E-state index < -0.39 is 0 Å². The molecular weight excluding hydrogens is 266 g/mol. The summed E-state index contributed by atoms with van der Waals surface area (Å²) in [6.45, 7) is 0.700. The number of hydrogen-bond donors (Lipinski definition) is 2. The van der Waals surface area contributed by atoms with E-state index in [0.717, 1.165) is 48.5 Å². The average molecular weight is 285 g/mol. The van der Waals surface area contributed by atoms with Gasteiger partial charge in [-0.2, -0.15) is 0 Å². The molecule has 1 aromatic carbocycles. The normalized spacial score (nSPS) is 13.6. The van der Waals surface area contributed by atoms with Gasteiger partial charge in [-0.1, -0.05) is 0 Å². The largest absolute Gasteiger partial charge is 0.494 e. The van der Waals surface area contributed by atoms with Crippen LogP contribution in [0, 0.1) is 0 Å². The number of nitrogens with one attached hydrogen (secondary N) is 2. The fourth-order valence-electron chi connectivity index (χ4n) is 2.47. The molecule has 1 aromatic heterocycles. The molecule has 110 valence electrons. The van der Waals surface area contributed by atoms with E-state index in [-0.39, 0.29) is 5.91 Å². The number of aryl methyl sites for hydroxylation is 2. The molecule has 0 aliphatic carbocycles. The van der Waals surface area contributed by atoms with Crippen molar-refractivity contribution in [3.63, 3.8) is 0 Å². The predicted molar refractivity (Wildman–Crippen MR) is 80.4 cm³/mol. The number of benzene rings is 1. The summed E-state index contributed by atoms with van der Waals surface area (Å²) in [5.74, 6) is 2.00. The van der Waals surface area contributed by atoms with E-state index in [1.165, 1.54) is 0 Å². The molecule has 5 heteroatoms. The molecule has 0 saturated carbocycles. The number of carbonyl (C=O) groups is 1. The molecular formula is C16H19N3O2. The molecule has 0 atom stereocenters. The number of aromatic amines is 1. The van der Waals surface area contributed by atoms with E-state index >= 15 is 0 Å². The third kappa shape index (κ3) is 3.62. The second-order valence-corrected chi connectivity index (χ2v) is 5.21. The van der Waals surface area contributed by atoms with Gasteiger partial charge >= 0.3 is 0 Å². The molecule has 2 N–H and O–H groups in total. The SMILES string of the molecule is O=C1CCc2cc(OCCCCc3ncc[nH]3)ccc2N1. The zero-order valence-corrected chi connectivity index (χ0v) is 11.9. The highest BCUT2D eigenvalue weighted by Crippen LogP contribution is 2.26. The Morgan fingerprint density at radius 1 is 1.24 bits per heavy atom. The van der Waals surface area contributed by atoms with Crippen LogP contribution < -0.4 is 10.1 Å². The first-order valence-corrected chi connectivity index (χ1v) is 7.35. The highest BCUT2D eigenvalue weighted by atomic mass is 16.5. The van der Waals surface area contributed by atoms with Gasteiger partial charge in [0.15, 0.2) is 0 Å². The van der Waals surface area contributed by atoms with Crippen molar-refractivity contribution in [3.05, 3.63) is 42.0 Å². The summed E-state index contributed by atoms with van der Waals surface area (Å²) < 4.78 is 5.78. The Hall–Kier alpha value is -2.30. The molecule has 1 aliphatic heterocycles. The van der Waals surface area contributed by atoms with Crippen molar-refractivity contribution in [3.8, 4) is 5.75 Å². The lowest BCUT2D eigenvalue weighted by Gasteiger charge is -2.17. The Balaban J connectivity index is 1.44. The van der Waals surface area contributed by atoms with Crippen LogP contribution in [0.15, 0.2) is 30.6 Å². The van der Waals surface area contributed by atoms with Crippen LogP contribution in [0.2, 0.25) is 0 Å². The Morgan fingerprint density at radius 3 is 3.05 bits per heavy atom. The molecule has 2 aromatic rings. The van der Waals surface area contributed by atoms with Gasteiger partial charge in [0.25, 0.3) is 0 Å². The van der Waals surface area contributed by atoms with E-state index in [1.54, 1.807) is 6.20 Å². The van der Waals surface area contributed by atoms with Crippen molar-refractivity contribution in [1.29, 1.82) is 0 Å². The number of imidazole rings is 1. The van der Waals surface area contributed by atoms with Crippen LogP contribution in [0.4, 0.5) is 5.69 Å². The van der Waals surface area contributed by atoms with Crippen molar-refractivity contribution in [2.75, 3.05) is 11.9 Å². The maximum absolute atomic E-state index is 11.3. The molecule has 0 fully saturated rings. The van der Waals surface area contributed by atoms with Crippen LogP contribution in [-0.2, 0) is 17.6 Å². The Bertz CT molecular complexity index is 608. The number of nitrogens with zero attached hydrogens (tertiary/aromatic N) is 1. The quantitative estimate of drug-likeness (QED) is 0.802. The van der Waals surface area contributed by atoms with Gasteiger partial charge < -0.3 is 15.0 Å². The van der Waals surface area contributed by atoms with Crippen molar-refractivity contribution < 1.29 is 9.53 Å². The zero-order chi connectivity index (χ0) is 14.5. The minimum absolute atomic E-state index is 0.0918. The molecule has 1 amide bonds. The summed E-state index contributed by atoms with van der Waals surface area (Å²) in [6.07, 6.45) is 7.96. The number of rotatable bonds is 6. The lowest BCUT2D eigenvalue weighted by Crippen LogP contribution is -2.18. The monoisotopic (exact) mass is 285 g/mol. The van der Waals surface area contributed by atoms with Gasteiger partial charge in [0, 0.05) is 30.9 Å². The minimum Gasteiger partial charge on any atom is -0.494 e. The molecule has 0 bridgehead atoms. The number of carbonyl (C=O) groups excluding carboxylic acids is 1. The standard InChI is InChI=1S/C16H19N3O2/c20-16-7-4-12-11-13(5-6-14(12)19-16)21-10-2-1-3-15-17-8-9-18-15/h5-6,8-9,11H,1-4,7,10H2,(H,17,18)(H,19,20). The Kier molecular flexibility index (Phi) is 4.19. The van der Waals surface area contributed by atoms with E-state index in [9.17, 15) is 4.79 Å². The number of anilines is 1. The van der Waals surface area contributed by atoms with Gasteiger partial charge in [-0.3, -0.25) is 4.79 Å². The van der Waals surface area contributed by atoms with Crippen molar-refractivity contribution >= 4 is 11.6 Å². The Labute approximate surface area is 123 Å². The number of H-pyrrole nitrogens is 1. The molecule has 0 unspecified atom stereocenters. The van der Waals surface area contributed by atoms with Gasteiger partial charge in [0.05, 0.1) is 6.61 Å². The molecule has 0 saturated heterocycles. The smallest absolute Gasteiger partial charge is 0.224 e.